The molecule has 2 heterocycles. The van der Waals surface area contributed by atoms with Crippen molar-refractivity contribution in [3.05, 3.63) is 29.7 Å². The van der Waals surface area contributed by atoms with Gasteiger partial charge in [0.2, 0.25) is 5.91 Å². The van der Waals surface area contributed by atoms with Gasteiger partial charge in [-0.1, -0.05) is 0 Å². The molecule has 1 atom stereocenters. The number of hydrogen-bond donors (Lipinski definition) is 1. The summed E-state index contributed by atoms with van der Waals surface area (Å²) in [5.41, 5.74) is 0. The number of carboxylic acids is 1. The Hall–Kier alpha value is -2.04. The van der Waals surface area contributed by atoms with Crippen LogP contribution in [0.25, 0.3) is 6.08 Å². The second-order valence-electron chi connectivity index (χ2n) is 4.66. The van der Waals surface area contributed by atoms with Crippen LogP contribution in [0.4, 0.5) is 0 Å². The number of carbonyl (C=O) groups excluding carboxylic acids is 1. The molecule has 0 saturated carbocycles. The van der Waals surface area contributed by atoms with Crippen LogP contribution in [-0.2, 0) is 9.59 Å². The number of piperidine rings is 1. The highest BCUT2D eigenvalue weighted by atomic mass is 16.4. The molecule has 0 radical (unpaired) electrons. The molecule has 1 aliphatic heterocycles. The van der Waals surface area contributed by atoms with E-state index in [0.29, 0.717) is 18.7 Å². The van der Waals surface area contributed by atoms with Gasteiger partial charge in [-0.25, -0.2) is 4.79 Å². The maximum atomic E-state index is 12.0. The fourth-order valence-corrected chi connectivity index (χ4v) is 2.24. The number of rotatable bonds is 3. The van der Waals surface area contributed by atoms with Gasteiger partial charge in [-0.15, -0.1) is 0 Å². The fourth-order valence-electron chi connectivity index (χ4n) is 2.24. The second-order valence-corrected chi connectivity index (χ2v) is 4.66. The third-order valence-corrected chi connectivity index (χ3v) is 3.22. The molecule has 1 saturated heterocycles. The maximum Gasteiger partial charge on any atom is 0.326 e. The predicted octanol–water partition coefficient (Wildman–Crippen LogP) is 2.07. The molecule has 0 unspecified atom stereocenters. The normalized spacial score (nSPS) is 19.8. The van der Waals surface area contributed by atoms with Crippen LogP contribution < -0.4 is 0 Å². The predicted molar refractivity (Wildman–Crippen MR) is 69.5 cm³/mol. The lowest BCUT2D eigenvalue weighted by atomic mass is 10.0. The van der Waals surface area contributed by atoms with Gasteiger partial charge in [-0.05, 0) is 44.4 Å². The number of aliphatic carboxylic acids is 1. The molecule has 1 amide bonds. The van der Waals surface area contributed by atoms with Gasteiger partial charge >= 0.3 is 5.97 Å². The van der Waals surface area contributed by atoms with E-state index in [-0.39, 0.29) is 5.91 Å². The second kappa shape index (κ2) is 5.73. The van der Waals surface area contributed by atoms with E-state index in [4.69, 9.17) is 9.52 Å². The number of aryl methyl sites for hydroxylation is 1. The van der Waals surface area contributed by atoms with E-state index in [2.05, 4.69) is 0 Å². The molecule has 1 aromatic heterocycles. The topological polar surface area (TPSA) is 70.8 Å². The molecule has 19 heavy (non-hydrogen) atoms. The number of amides is 1. The summed E-state index contributed by atoms with van der Waals surface area (Å²) in [6.45, 7) is 2.32. The summed E-state index contributed by atoms with van der Waals surface area (Å²) in [5, 5.41) is 9.11. The minimum atomic E-state index is -0.935. The van der Waals surface area contributed by atoms with Crippen molar-refractivity contribution in [2.75, 3.05) is 6.54 Å². The average molecular weight is 263 g/mol. The monoisotopic (exact) mass is 263 g/mol. The Morgan fingerprint density at radius 3 is 2.84 bits per heavy atom. The molecule has 5 nitrogen and oxygen atoms in total. The minimum Gasteiger partial charge on any atom is -0.480 e. The SMILES string of the molecule is Cc1ccc(C=CC(=O)N2CCCC[C@@H]2C(=O)O)o1. The summed E-state index contributed by atoms with van der Waals surface area (Å²) < 4.78 is 5.32. The van der Waals surface area contributed by atoms with E-state index in [1.165, 1.54) is 11.0 Å². The van der Waals surface area contributed by atoms with Gasteiger partial charge in [0.15, 0.2) is 0 Å². The lowest BCUT2D eigenvalue weighted by Gasteiger charge is -2.32. The van der Waals surface area contributed by atoms with Crippen LogP contribution in [0.1, 0.15) is 30.8 Å². The minimum absolute atomic E-state index is 0.277. The Balaban J connectivity index is 2.05. The smallest absolute Gasteiger partial charge is 0.326 e. The van der Waals surface area contributed by atoms with Crippen molar-refractivity contribution in [2.45, 2.75) is 32.2 Å². The zero-order chi connectivity index (χ0) is 13.8. The molecule has 5 heteroatoms. The van der Waals surface area contributed by atoms with E-state index in [0.717, 1.165) is 18.6 Å². The highest BCUT2D eigenvalue weighted by molar-refractivity contribution is 5.94. The summed E-state index contributed by atoms with van der Waals surface area (Å²) in [4.78, 5) is 24.6. The third-order valence-electron chi connectivity index (χ3n) is 3.22. The van der Waals surface area contributed by atoms with Crippen molar-refractivity contribution in [1.29, 1.82) is 0 Å². The van der Waals surface area contributed by atoms with Gasteiger partial charge in [-0.3, -0.25) is 4.79 Å². The molecule has 1 N–H and O–H groups in total. The Bertz CT molecular complexity index is 503. The van der Waals surface area contributed by atoms with Gasteiger partial charge in [0.25, 0.3) is 0 Å². The van der Waals surface area contributed by atoms with Crippen LogP contribution in [0, 0.1) is 6.92 Å². The van der Waals surface area contributed by atoms with Crippen molar-refractivity contribution < 1.29 is 19.1 Å². The van der Waals surface area contributed by atoms with Crippen LogP contribution in [0.2, 0.25) is 0 Å². The largest absolute Gasteiger partial charge is 0.480 e. The molecule has 0 spiro atoms. The number of nitrogens with zero attached hydrogens (tertiary/aromatic N) is 1. The molecular formula is C14H17NO4. The number of hydrogen-bond acceptors (Lipinski definition) is 3. The summed E-state index contributed by atoms with van der Waals surface area (Å²) in [6, 6.07) is 2.87. The fraction of sp³-hybridized carbons (Fsp3) is 0.429. The Morgan fingerprint density at radius 2 is 2.21 bits per heavy atom. The zero-order valence-electron chi connectivity index (χ0n) is 10.8. The van der Waals surface area contributed by atoms with Gasteiger partial charge in [0.1, 0.15) is 17.6 Å². The highest BCUT2D eigenvalue weighted by Gasteiger charge is 2.30. The standard InChI is InChI=1S/C14H17NO4/c1-10-5-6-11(19-10)7-8-13(16)15-9-3-2-4-12(15)14(17)18/h5-8,12H,2-4,9H2,1H3,(H,17,18)/t12-/m1/s1. The Morgan fingerprint density at radius 1 is 1.42 bits per heavy atom. The lowest BCUT2D eigenvalue weighted by molar-refractivity contribution is -0.150. The zero-order valence-corrected chi connectivity index (χ0v) is 10.8. The Labute approximate surface area is 111 Å². The van der Waals surface area contributed by atoms with E-state index in [1.807, 2.05) is 13.0 Å². The quantitative estimate of drug-likeness (QED) is 0.847. The first-order chi connectivity index (χ1) is 9.08. The molecule has 0 aromatic carbocycles. The van der Waals surface area contributed by atoms with Crippen LogP contribution in [0.3, 0.4) is 0 Å². The van der Waals surface area contributed by atoms with Crippen molar-refractivity contribution in [2.24, 2.45) is 0 Å². The third kappa shape index (κ3) is 3.24. The van der Waals surface area contributed by atoms with E-state index in [9.17, 15) is 9.59 Å². The molecule has 0 bridgehead atoms. The van der Waals surface area contributed by atoms with Crippen molar-refractivity contribution >= 4 is 18.0 Å². The number of carboxylic acid groups (broad SMARTS) is 1. The van der Waals surface area contributed by atoms with Gasteiger partial charge in [-0.2, -0.15) is 0 Å². The maximum absolute atomic E-state index is 12.0. The van der Waals surface area contributed by atoms with E-state index in [1.54, 1.807) is 12.1 Å². The van der Waals surface area contributed by atoms with E-state index < -0.39 is 12.0 Å². The van der Waals surface area contributed by atoms with Crippen LogP contribution in [0.5, 0.6) is 0 Å². The molecule has 2 rings (SSSR count). The summed E-state index contributed by atoms with van der Waals surface area (Å²) in [6.07, 6.45) is 5.17. The summed E-state index contributed by atoms with van der Waals surface area (Å²) in [5.74, 6) is 0.152. The first-order valence-electron chi connectivity index (χ1n) is 6.36. The van der Waals surface area contributed by atoms with Gasteiger partial charge in [0.05, 0.1) is 0 Å². The molecule has 1 aromatic rings. The van der Waals surface area contributed by atoms with Crippen LogP contribution >= 0.6 is 0 Å². The van der Waals surface area contributed by atoms with Crippen molar-refractivity contribution in [1.82, 2.24) is 4.90 Å². The van der Waals surface area contributed by atoms with Crippen LogP contribution in [-0.4, -0.2) is 34.5 Å². The first-order valence-corrected chi connectivity index (χ1v) is 6.36. The number of furan rings is 1. The van der Waals surface area contributed by atoms with Crippen molar-refractivity contribution in [3.8, 4) is 0 Å². The summed E-state index contributed by atoms with van der Waals surface area (Å²) >= 11 is 0. The highest BCUT2D eigenvalue weighted by Crippen LogP contribution is 2.18. The average Bonchev–Trinajstić information content (AvgIpc) is 2.81. The first kappa shape index (κ1) is 13.4. The molecular weight excluding hydrogens is 246 g/mol. The van der Waals surface area contributed by atoms with Crippen molar-refractivity contribution in [3.63, 3.8) is 0 Å². The summed E-state index contributed by atoms with van der Waals surface area (Å²) in [7, 11) is 0. The molecule has 1 aliphatic rings. The molecule has 1 fully saturated rings. The molecule has 102 valence electrons. The number of likely N-dealkylation sites (tertiary alicyclic amines) is 1. The van der Waals surface area contributed by atoms with Crippen LogP contribution in [0.15, 0.2) is 22.6 Å². The van der Waals surface area contributed by atoms with Gasteiger partial charge < -0.3 is 14.4 Å². The lowest BCUT2D eigenvalue weighted by Crippen LogP contribution is -2.47. The van der Waals surface area contributed by atoms with Gasteiger partial charge in [0, 0.05) is 12.6 Å². The Kier molecular flexibility index (Phi) is 4.04. The number of carbonyl (C=O) groups is 2. The molecule has 0 aliphatic carbocycles. The van der Waals surface area contributed by atoms with E-state index >= 15 is 0 Å².